The summed E-state index contributed by atoms with van der Waals surface area (Å²) < 4.78 is 27.8. The maximum absolute atomic E-state index is 11.3. The molecule has 18 heavy (non-hydrogen) atoms. The molecule has 2 aromatic heterocycles. The fraction of sp³-hybridized carbons (Fsp3) is 0.167. The maximum atomic E-state index is 11.3. The van der Waals surface area contributed by atoms with E-state index in [4.69, 9.17) is 4.18 Å². The molecular formula is C12H12N2O3S. The zero-order valence-corrected chi connectivity index (χ0v) is 10.5. The lowest BCUT2D eigenvalue weighted by Crippen LogP contribution is -2.12. The Bertz CT molecular complexity index is 560. The number of hydrogen-bond donors (Lipinski definition) is 0. The van der Waals surface area contributed by atoms with Gasteiger partial charge in [0.05, 0.1) is 6.26 Å². The van der Waals surface area contributed by atoms with Crippen LogP contribution in [0.25, 0.3) is 0 Å². The van der Waals surface area contributed by atoms with Crippen LogP contribution in [0.1, 0.15) is 17.2 Å². The Hall–Kier alpha value is -1.79. The molecule has 0 atom stereocenters. The summed E-state index contributed by atoms with van der Waals surface area (Å²) in [6.45, 7) is 0. The molecule has 0 amide bonds. The summed E-state index contributed by atoms with van der Waals surface area (Å²) >= 11 is 0. The molecule has 2 rings (SSSR count). The summed E-state index contributed by atoms with van der Waals surface area (Å²) in [5, 5.41) is 0. The van der Waals surface area contributed by atoms with Gasteiger partial charge in [0.25, 0.3) is 10.1 Å². The summed E-state index contributed by atoms with van der Waals surface area (Å²) in [6, 6.07) is 6.97. The quantitative estimate of drug-likeness (QED) is 0.783. The van der Waals surface area contributed by atoms with Gasteiger partial charge in [-0.2, -0.15) is 8.42 Å². The first-order valence-electron chi connectivity index (χ1n) is 5.24. The highest BCUT2D eigenvalue weighted by Crippen LogP contribution is 2.26. The zero-order valence-electron chi connectivity index (χ0n) is 9.72. The maximum Gasteiger partial charge on any atom is 0.265 e. The Labute approximate surface area is 106 Å². The van der Waals surface area contributed by atoms with Gasteiger partial charge in [-0.05, 0) is 12.1 Å². The van der Waals surface area contributed by atoms with Crippen LogP contribution in [0.3, 0.4) is 0 Å². The van der Waals surface area contributed by atoms with Crippen molar-refractivity contribution in [1.29, 1.82) is 0 Å². The van der Waals surface area contributed by atoms with E-state index in [2.05, 4.69) is 9.97 Å². The summed E-state index contributed by atoms with van der Waals surface area (Å²) in [6.07, 6.45) is 6.68. The van der Waals surface area contributed by atoms with Crippen molar-refractivity contribution in [2.75, 3.05) is 6.26 Å². The van der Waals surface area contributed by atoms with Gasteiger partial charge in [-0.3, -0.25) is 14.2 Å². The van der Waals surface area contributed by atoms with Crippen LogP contribution >= 0.6 is 0 Å². The normalized spacial score (nSPS) is 11.7. The summed E-state index contributed by atoms with van der Waals surface area (Å²) in [5.41, 5.74) is 1.33. The molecule has 5 nitrogen and oxygen atoms in total. The molecular weight excluding hydrogens is 252 g/mol. The van der Waals surface area contributed by atoms with Crippen molar-refractivity contribution in [3.8, 4) is 0 Å². The van der Waals surface area contributed by atoms with Gasteiger partial charge in [0.15, 0.2) is 0 Å². The molecule has 0 saturated carbocycles. The molecule has 0 bridgehead atoms. The lowest BCUT2D eigenvalue weighted by molar-refractivity contribution is 0.255. The van der Waals surface area contributed by atoms with Crippen molar-refractivity contribution in [2.45, 2.75) is 6.10 Å². The van der Waals surface area contributed by atoms with Crippen LogP contribution in [-0.4, -0.2) is 24.6 Å². The van der Waals surface area contributed by atoms with E-state index in [0.717, 1.165) is 6.26 Å². The van der Waals surface area contributed by atoms with Gasteiger partial charge in [-0.1, -0.05) is 12.1 Å². The molecule has 0 aliphatic rings. The highest BCUT2D eigenvalue weighted by molar-refractivity contribution is 7.86. The third kappa shape index (κ3) is 3.35. The van der Waals surface area contributed by atoms with E-state index in [-0.39, 0.29) is 0 Å². The highest BCUT2D eigenvalue weighted by Gasteiger charge is 2.20. The second-order valence-corrected chi connectivity index (χ2v) is 5.35. The van der Waals surface area contributed by atoms with E-state index in [9.17, 15) is 8.42 Å². The lowest BCUT2D eigenvalue weighted by atomic mass is 10.1. The molecule has 0 N–H and O–H groups in total. The van der Waals surface area contributed by atoms with Crippen LogP contribution in [0.5, 0.6) is 0 Å². The number of aromatic nitrogens is 2. The minimum Gasteiger partial charge on any atom is -0.264 e. The van der Waals surface area contributed by atoms with Crippen LogP contribution in [0.4, 0.5) is 0 Å². The molecule has 0 aliphatic carbocycles. The summed E-state index contributed by atoms with van der Waals surface area (Å²) in [5.74, 6) is 0. The van der Waals surface area contributed by atoms with Crippen molar-refractivity contribution in [2.24, 2.45) is 0 Å². The van der Waals surface area contributed by atoms with Crippen molar-refractivity contribution >= 4 is 10.1 Å². The molecule has 2 aromatic rings. The molecule has 94 valence electrons. The summed E-state index contributed by atoms with van der Waals surface area (Å²) in [4.78, 5) is 7.93. The predicted octanol–water partition coefficient (Wildman–Crippen LogP) is 1.54. The van der Waals surface area contributed by atoms with E-state index in [0.29, 0.717) is 11.1 Å². The van der Waals surface area contributed by atoms with Crippen LogP contribution < -0.4 is 0 Å². The second kappa shape index (κ2) is 5.24. The topological polar surface area (TPSA) is 69.2 Å². The largest absolute Gasteiger partial charge is 0.265 e. The van der Waals surface area contributed by atoms with E-state index in [1.165, 1.54) is 0 Å². The van der Waals surface area contributed by atoms with Gasteiger partial charge in [0, 0.05) is 35.9 Å². The SMILES string of the molecule is CS(=O)(=O)OC(c1cccnc1)c1cccnc1. The number of pyridine rings is 2. The second-order valence-electron chi connectivity index (χ2n) is 3.75. The van der Waals surface area contributed by atoms with E-state index >= 15 is 0 Å². The van der Waals surface area contributed by atoms with Gasteiger partial charge in [0.2, 0.25) is 0 Å². The fourth-order valence-corrected chi connectivity index (χ4v) is 2.11. The molecule has 0 saturated heterocycles. The lowest BCUT2D eigenvalue weighted by Gasteiger charge is -2.16. The Morgan fingerprint density at radius 3 is 1.89 bits per heavy atom. The Morgan fingerprint density at radius 1 is 1.06 bits per heavy atom. The minimum atomic E-state index is -3.58. The average Bonchev–Trinajstić information content (AvgIpc) is 2.37. The van der Waals surface area contributed by atoms with Gasteiger partial charge in [-0.15, -0.1) is 0 Å². The van der Waals surface area contributed by atoms with Crippen molar-refractivity contribution in [1.82, 2.24) is 9.97 Å². The van der Waals surface area contributed by atoms with Gasteiger partial charge < -0.3 is 0 Å². The van der Waals surface area contributed by atoms with Crippen molar-refractivity contribution in [3.05, 3.63) is 60.2 Å². The van der Waals surface area contributed by atoms with Gasteiger partial charge in [0.1, 0.15) is 6.10 Å². The molecule has 0 radical (unpaired) electrons. The van der Waals surface area contributed by atoms with Crippen molar-refractivity contribution in [3.63, 3.8) is 0 Å². The molecule has 0 unspecified atom stereocenters. The Kier molecular flexibility index (Phi) is 3.69. The molecule has 2 heterocycles. The summed E-state index contributed by atoms with van der Waals surface area (Å²) in [7, 11) is -3.58. The average molecular weight is 264 g/mol. The standard InChI is InChI=1S/C12H12N2O3S/c1-18(15,16)17-12(10-4-2-6-13-8-10)11-5-3-7-14-9-11/h2-9,12H,1H3. The monoisotopic (exact) mass is 264 g/mol. The fourth-order valence-electron chi connectivity index (χ4n) is 1.54. The number of rotatable bonds is 4. The third-order valence-electron chi connectivity index (χ3n) is 2.25. The predicted molar refractivity (Wildman–Crippen MR) is 66.2 cm³/mol. The first-order valence-corrected chi connectivity index (χ1v) is 7.06. The van der Waals surface area contributed by atoms with Crippen LogP contribution in [-0.2, 0) is 14.3 Å². The van der Waals surface area contributed by atoms with Crippen molar-refractivity contribution < 1.29 is 12.6 Å². The van der Waals surface area contributed by atoms with E-state index in [1.54, 1.807) is 49.1 Å². The van der Waals surface area contributed by atoms with Crippen LogP contribution in [0.2, 0.25) is 0 Å². The smallest absolute Gasteiger partial charge is 0.264 e. The first-order chi connectivity index (χ1) is 8.56. The van der Waals surface area contributed by atoms with Gasteiger partial charge in [-0.25, -0.2) is 0 Å². The van der Waals surface area contributed by atoms with Crippen LogP contribution in [0.15, 0.2) is 49.1 Å². The van der Waals surface area contributed by atoms with Gasteiger partial charge >= 0.3 is 0 Å². The highest BCUT2D eigenvalue weighted by atomic mass is 32.2. The molecule has 0 aliphatic heterocycles. The zero-order chi connectivity index (χ0) is 13.0. The Morgan fingerprint density at radius 2 is 1.56 bits per heavy atom. The minimum absolute atomic E-state index is 0.663. The number of hydrogen-bond acceptors (Lipinski definition) is 5. The Balaban J connectivity index is 2.42. The number of nitrogens with zero attached hydrogens (tertiary/aromatic N) is 2. The molecule has 6 heteroatoms. The van der Waals surface area contributed by atoms with E-state index in [1.807, 2.05) is 0 Å². The first kappa shape index (κ1) is 12.7. The molecule has 0 fully saturated rings. The van der Waals surface area contributed by atoms with E-state index < -0.39 is 16.2 Å². The van der Waals surface area contributed by atoms with Crippen LogP contribution in [0, 0.1) is 0 Å². The molecule has 0 aromatic carbocycles. The molecule has 0 spiro atoms. The third-order valence-corrected chi connectivity index (χ3v) is 2.79.